The molecule has 0 bridgehead atoms. The highest BCUT2D eigenvalue weighted by molar-refractivity contribution is 7.19. The SMILES string of the molecule is Cc1ccoc1-c1noc(-c2sc(N)cc2C)n1. The lowest BCUT2D eigenvalue weighted by molar-refractivity contribution is 0.430. The zero-order valence-electron chi connectivity index (χ0n) is 9.93. The van der Waals surface area contributed by atoms with Crippen molar-refractivity contribution in [2.45, 2.75) is 13.8 Å². The maximum absolute atomic E-state index is 5.75. The molecule has 3 heterocycles. The first kappa shape index (κ1) is 11.0. The van der Waals surface area contributed by atoms with Gasteiger partial charge in [-0.3, -0.25) is 0 Å². The zero-order valence-corrected chi connectivity index (χ0v) is 10.7. The summed E-state index contributed by atoms with van der Waals surface area (Å²) in [6.45, 7) is 3.90. The van der Waals surface area contributed by atoms with Gasteiger partial charge in [-0.2, -0.15) is 4.98 Å². The van der Waals surface area contributed by atoms with E-state index in [0.29, 0.717) is 17.5 Å². The molecule has 5 nitrogen and oxygen atoms in total. The Balaban J connectivity index is 2.05. The van der Waals surface area contributed by atoms with E-state index in [1.54, 1.807) is 6.26 Å². The molecule has 0 spiro atoms. The number of aryl methyl sites for hydroxylation is 2. The fraction of sp³-hybridized carbons (Fsp3) is 0.167. The van der Waals surface area contributed by atoms with Gasteiger partial charge in [-0.15, -0.1) is 11.3 Å². The van der Waals surface area contributed by atoms with Crippen molar-refractivity contribution in [1.29, 1.82) is 0 Å². The smallest absolute Gasteiger partial charge is 0.268 e. The summed E-state index contributed by atoms with van der Waals surface area (Å²) in [5.41, 5.74) is 7.76. The minimum absolute atomic E-state index is 0.457. The van der Waals surface area contributed by atoms with Crippen LogP contribution >= 0.6 is 11.3 Å². The van der Waals surface area contributed by atoms with Crippen LogP contribution in [-0.4, -0.2) is 10.1 Å². The Hall–Kier alpha value is -2.08. The second kappa shape index (κ2) is 3.99. The highest BCUT2D eigenvalue weighted by Gasteiger charge is 2.17. The Bertz CT molecular complexity index is 696. The molecule has 0 atom stereocenters. The number of nitrogens with zero attached hydrogens (tertiary/aromatic N) is 2. The summed E-state index contributed by atoms with van der Waals surface area (Å²) in [7, 11) is 0. The number of hydrogen-bond donors (Lipinski definition) is 1. The fourth-order valence-electron chi connectivity index (χ4n) is 1.73. The molecule has 3 aromatic rings. The molecule has 0 saturated carbocycles. The first-order chi connectivity index (χ1) is 8.65. The van der Waals surface area contributed by atoms with Crippen molar-refractivity contribution >= 4 is 16.3 Å². The highest BCUT2D eigenvalue weighted by Crippen LogP contribution is 2.34. The van der Waals surface area contributed by atoms with Crippen LogP contribution in [0, 0.1) is 13.8 Å². The molecule has 18 heavy (non-hydrogen) atoms. The van der Waals surface area contributed by atoms with Crippen LogP contribution in [0.1, 0.15) is 11.1 Å². The summed E-state index contributed by atoms with van der Waals surface area (Å²) in [5.74, 6) is 1.56. The molecular weight excluding hydrogens is 250 g/mol. The van der Waals surface area contributed by atoms with Crippen molar-refractivity contribution in [1.82, 2.24) is 10.1 Å². The van der Waals surface area contributed by atoms with Crippen molar-refractivity contribution in [2.75, 3.05) is 5.73 Å². The molecule has 6 heteroatoms. The standard InChI is InChI=1S/C12H11N3O2S/c1-6-3-4-16-9(6)11-14-12(17-15-11)10-7(2)5-8(13)18-10/h3-5H,13H2,1-2H3. The molecule has 0 aromatic carbocycles. The molecular formula is C12H11N3O2S. The van der Waals surface area contributed by atoms with E-state index in [1.165, 1.54) is 11.3 Å². The van der Waals surface area contributed by atoms with Crippen molar-refractivity contribution in [2.24, 2.45) is 0 Å². The predicted molar refractivity (Wildman–Crippen MR) is 69.2 cm³/mol. The molecule has 0 amide bonds. The van der Waals surface area contributed by atoms with Crippen LogP contribution in [0.2, 0.25) is 0 Å². The summed E-state index contributed by atoms with van der Waals surface area (Å²) < 4.78 is 10.6. The van der Waals surface area contributed by atoms with Gasteiger partial charge in [-0.25, -0.2) is 0 Å². The van der Waals surface area contributed by atoms with Crippen LogP contribution in [0.25, 0.3) is 22.4 Å². The molecule has 0 saturated heterocycles. The van der Waals surface area contributed by atoms with Crippen LogP contribution in [0.5, 0.6) is 0 Å². The molecule has 0 fully saturated rings. The highest BCUT2D eigenvalue weighted by atomic mass is 32.1. The van der Waals surface area contributed by atoms with Gasteiger partial charge in [0.05, 0.1) is 16.1 Å². The summed E-state index contributed by atoms with van der Waals surface area (Å²) in [4.78, 5) is 5.24. The van der Waals surface area contributed by atoms with E-state index in [0.717, 1.165) is 21.0 Å². The Labute approximate surface area is 107 Å². The van der Waals surface area contributed by atoms with Crippen LogP contribution < -0.4 is 5.73 Å². The van der Waals surface area contributed by atoms with Crippen molar-refractivity contribution in [3.63, 3.8) is 0 Å². The van der Waals surface area contributed by atoms with Gasteiger partial charge in [0.15, 0.2) is 5.76 Å². The lowest BCUT2D eigenvalue weighted by Crippen LogP contribution is -1.80. The third-order valence-electron chi connectivity index (χ3n) is 2.62. The number of aromatic nitrogens is 2. The van der Waals surface area contributed by atoms with Crippen LogP contribution in [0.15, 0.2) is 27.3 Å². The van der Waals surface area contributed by atoms with Crippen LogP contribution in [0.3, 0.4) is 0 Å². The number of anilines is 1. The van der Waals surface area contributed by atoms with E-state index in [4.69, 9.17) is 14.7 Å². The second-order valence-electron chi connectivity index (χ2n) is 4.02. The van der Waals surface area contributed by atoms with Crippen molar-refractivity contribution in [3.05, 3.63) is 29.5 Å². The molecule has 92 valence electrons. The maximum atomic E-state index is 5.75. The average Bonchev–Trinajstić information content (AvgIpc) is 2.98. The monoisotopic (exact) mass is 261 g/mol. The largest absolute Gasteiger partial charge is 0.461 e. The lowest BCUT2D eigenvalue weighted by atomic mass is 10.2. The third kappa shape index (κ3) is 1.70. The second-order valence-corrected chi connectivity index (χ2v) is 5.10. The number of furan rings is 1. The normalized spacial score (nSPS) is 11.0. The number of hydrogen-bond acceptors (Lipinski definition) is 6. The van der Waals surface area contributed by atoms with Crippen molar-refractivity contribution < 1.29 is 8.94 Å². The third-order valence-corrected chi connectivity index (χ3v) is 3.68. The van der Waals surface area contributed by atoms with E-state index in [9.17, 15) is 0 Å². The van der Waals surface area contributed by atoms with Gasteiger partial charge in [0.25, 0.3) is 5.89 Å². The Morgan fingerprint density at radius 1 is 1.28 bits per heavy atom. The predicted octanol–water partition coefficient (Wildman–Crippen LogP) is 3.26. The Morgan fingerprint density at radius 3 is 2.72 bits per heavy atom. The first-order valence-corrected chi connectivity index (χ1v) is 6.21. The number of rotatable bonds is 2. The summed E-state index contributed by atoms with van der Waals surface area (Å²) in [5, 5.41) is 4.67. The lowest BCUT2D eigenvalue weighted by Gasteiger charge is -1.89. The van der Waals surface area contributed by atoms with Crippen molar-refractivity contribution in [3.8, 4) is 22.4 Å². The summed E-state index contributed by atoms with van der Waals surface area (Å²) in [6, 6.07) is 3.75. The summed E-state index contributed by atoms with van der Waals surface area (Å²) in [6.07, 6.45) is 1.61. The van der Waals surface area contributed by atoms with E-state index in [-0.39, 0.29) is 0 Å². The molecule has 2 N–H and O–H groups in total. The minimum Gasteiger partial charge on any atom is -0.461 e. The van der Waals surface area contributed by atoms with Gasteiger partial charge >= 0.3 is 0 Å². The van der Waals surface area contributed by atoms with Gasteiger partial charge in [0.1, 0.15) is 0 Å². The van der Waals surface area contributed by atoms with E-state index >= 15 is 0 Å². The maximum Gasteiger partial charge on any atom is 0.268 e. The van der Waals surface area contributed by atoms with Crippen LogP contribution in [0.4, 0.5) is 5.00 Å². The van der Waals surface area contributed by atoms with Gasteiger partial charge in [-0.1, -0.05) is 5.16 Å². The average molecular weight is 261 g/mol. The summed E-state index contributed by atoms with van der Waals surface area (Å²) >= 11 is 1.43. The quantitative estimate of drug-likeness (QED) is 0.766. The zero-order chi connectivity index (χ0) is 12.7. The van der Waals surface area contributed by atoms with E-state index in [2.05, 4.69) is 10.1 Å². The van der Waals surface area contributed by atoms with Gasteiger partial charge in [0.2, 0.25) is 5.82 Å². The van der Waals surface area contributed by atoms with E-state index in [1.807, 2.05) is 26.0 Å². The molecule has 3 aromatic heterocycles. The van der Waals surface area contributed by atoms with Gasteiger partial charge < -0.3 is 14.7 Å². The molecule has 0 unspecified atom stereocenters. The molecule has 0 aliphatic heterocycles. The first-order valence-electron chi connectivity index (χ1n) is 5.39. The Kier molecular flexibility index (Phi) is 2.45. The number of thiophene rings is 1. The fourth-order valence-corrected chi connectivity index (χ4v) is 2.59. The molecule has 0 aliphatic carbocycles. The number of nitrogen functional groups attached to an aromatic ring is 1. The molecule has 0 radical (unpaired) electrons. The minimum atomic E-state index is 0.457. The Morgan fingerprint density at radius 2 is 2.11 bits per heavy atom. The topological polar surface area (TPSA) is 78.1 Å². The van der Waals surface area contributed by atoms with E-state index < -0.39 is 0 Å². The molecule has 3 rings (SSSR count). The number of nitrogens with two attached hydrogens (primary N) is 1. The van der Waals surface area contributed by atoms with Crippen LogP contribution in [-0.2, 0) is 0 Å². The molecule has 0 aliphatic rings. The van der Waals surface area contributed by atoms with Gasteiger partial charge in [0, 0.05) is 0 Å². The van der Waals surface area contributed by atoms with Gasteiger partial charge in [-0.05, 0) is 37.1 Å².